The van der Waals surface area contributed by atoms with Crippen molar-refractivity contribution in [3.8, 4) is 0 Å². The smallest absolute Gasteiger partial charge is 0.144 e. The summed E-state index contributed by atoms with van der Waals surface area (Å²) in [6.45, 7) is 5.54. The average Bonchev–Trinajstić information content (AvgIpc) is 2.18. The molecule has 0 unspecified atom stereocenters. The number of rotatable bonds is 2. The fraction of sp³-hybridized carbons (Fsp3) is 0.364. The van der Waals surface area contributed by atoms with Gasteiger partial charge in [-0.2, -0.15) is 4.40 Å². The Morgan fingerprint density at radius 1 is 1.44 bits per heavy atom. The van der Waals surface area contributed by atoms with Crippen molar-refractivity contribution in [1.29, 1.82) is 0 Å². The topological polar surface area (TPSA) is 29.4 Å². The molecular weight excluding hydrogens is 293 g/mol. The Balaban J connectivity index is 2.85. The largest absolute Gasteiger partial charge is 0.234 e. The van der Waals surface area contributed by atoms with E-state index in [9.17, 15) is 8.60 Å². The lowest BCUT2D eigenvalue weighted by molar-refractivity contribution is 0.621. The summed E-state index contributed by atoms with van der Waals surface area (Å²) < 4.78 is 28.5. The van der Waals surface area contributed by atoms with Crippen LogP contribution < -0.4 is 0 Å². The molecule has 0 heterocycles. The van der Waals surface area contributed by atoms with Crippen LogP contribution in [0, 0.1) is 5.82 Å². The third kappa shape index (κ3) is 3.79. The first-order chi connectivity index (χ1) is 7.30. The van der Waals surface area contributed by atoms with E-state index in [0.717, 1.165) is 0 Å². The van der Waals surface area contributed by atoms with Crippen molar-refractivity contribution in [3.05, 3.63) is 34.1 Å². The van der Waals surface area contributed by atoms with Crippen molar-refractivity contribution in [2.45, 2.75) is 25.5 Å². The lowest BCUT2D eigenvalue weighted by Gasteiger charge is -2.12. The van der Waals surface area contributed by atoms with Gasteiger partial charge in [-0.15, -0.1) is 0 Å². The van der Waals surface area contributed by atoms with E-state index >= 15 is 0 Å². The predicted molar refractivity (Wildman–Crippen MR) is 69.6 cm³/mol. The van der Waals surface area contributed by atoms with Gasteiger partial charge in [-0.1, -0.05) is 6.07 Å². The van der Waals surface area contributed by atoms with Gasteiger partial charge >= 0.3 is 0 Å². The van der Waals surface area contributed by atoms with Gasteiger partial charge in [0.15, 0.2) is 0 Å². The predicted octanol–water partition coefficient (Wildman–Crippen LogP) is 3.47. The van der Waals surface area contributed by atoms with Crippen LogP contribution >= 0.6 is 15.9 Å². The van der Waals surface area contributed by atoms with Crippen molar-refractivity contribution in [3.63, 3.8) is 0 Å². The molecule has 1 aromatic carbocycles. The Morgan fingerprint density at radius 2 is 2.06 bits per heavy atom. The van der Waals surface area contributed by atoms with Gasteiger partial charge in [-0.3, -0.25) is 0 Å². The first-order valence-electron chi connectivity index (χ1n) is 4.72. The number of hydrogen-bond acceptors (Lipinski definition) is 1. The minimum Gasteiger partial charge on any atom is -0.234 e. The van der Waals surface area contributed by atoms with Gasteiger partial charge in [0.05, 0.1) is 9.22 Å². The molecule has 16 heavy (non-hydrogen) atoms. The molecule has 0 spiro atoms. The van der Waals surface area contributed by atoms with Crippen LogP contribution in [0.25, 0.3) is 0 Å². The molecule has 0 aliphatic carbocycles. The summed E-state index contributed by atoms with van der Waals surface area (Å²) in [5.74, 6) is -0.325. The van der Waals surface area contributed by atoms with Crippen LogP contribution in [-0.2, 0) is 11.0 Å². The molecule has 0 fully saturated rings. The van der Waals surface area contributed by atoms with Crippen molar-refractivity contribution >= 4 is 33.1 Å². The number of hydrogen-bond donors (Lipinski definition) is 0. The maximum Gasteiger partial charge on any atom is 0.144 e. The maximum absolute atomic E-state index is 12.9. The second-order valence-corrected chi connectivity index (χ2v) is 7.06. The van der Waals surface area contributed by atoms with Gasteiger partial charge in [0.25, 0.3) is 0 Å². The molecule has 5 heteroatoms. The zero-order valence-electron chi connectivity index (χ0n) is 9.33. The van der Waals surface area contributed by atoms with Gasteiger partial charge in [0, 0.05) is 6.21 Å². The van der Waals surface area contributed by atoms with E-state index in [1.165, 1.54) is 12.3 Å². The highest BCUT2D eigenvalue weighted by molar-refractivity contribution is 9.10. The summed E-state index contributed by atoms with van der Waals surface area (Å²) in [5.41, 5.74) is 0.714. The zero-order valence-corrected chi connectivity index (χ0v) is 11.7. The van der Waals surface area contributed by atoms with Crippen LogP contribution in [0.15, 0.2) is 27.1 Å². The van der Waals surface area contributed by atoms with E-state index in [2.05, 4.69) is 20.3 Å². The lowest BCUT2D eigenvalue weighted by atomic mass is 10.2. The zero-order chi connectivity index (χ0) is 12.3. The van der Waals surface area contributed by atoms with E-state index in [4.69, 9.17) is 0 Å². The highest BCUT2D eigenvalue weighted by atomic mass is 79.9. The third-order valence-corrected chi connectivity index (χ3v) is 3.72. The van der Waals surface area contributed by atoms with E-state index in [1.807, 2.05) is 20.8 Å². The van der Waals surface area contributed by atoms with Crippen LogP contribution in [0.4, 0.5) is 4.39 Å². The van der Waals surface area contributed by atoms with Crippen molar-refractivity contribution in [2.75, 3.05) is 0 Å². The molecule has 0 aliphatic heterocycles. The molecule has 88 valence electrons. The lowest BCUT2D eigenvalue weighted by Crippen LogP contribution is -2.19. The van der Waals surface area contributed by atoms with Crippen LogP contribution in [-0.4, -0.2) is 15.2 Å². The Bertz CT molecular complexity index is 440. The molecule has 0 radical (unpaired) electrons. The highest BCUT2D eigenvalue weighted by Crippen LogP contribution is 2.16. The molecule has 0 saturated heterocycles. The monoisotopic (exact) mass is 305 g/mol. The fourth-order valence-electron chi connectivity index (χ4n) is 0.860. The van der Waals surface area contributed by atoms with Crippen molar-refractivity contribution in [2.24, 2.45) is 4.40 Å². The van der Waals surface area contributed by atoms with E-state index in [0.29, 0.717) is 10.0 Å². The van der Waals surface area contributed by atoms with Gasteiger partial charge < -0.3 is 0 Å². The van der Waals surface area contributed by atoms with Crippen LogP contribution in [0.1, 0.15) is 26.3 Å². The molecule has 0 amide bonds. The Morgan fingerprint density at radius 3 is 2.56 bits per heavy atom. The normalized spacial score (nSPS) is 14.3. The van der Waals surface area contributed by atoms with Crippen molar-refractivity contribution in [1.82, 2.24) is 0 Å². The summed E-state index contributed by atoms with van der Waals surface area (Å²) in [6, 6.07) is 4.52. The van der Waals surface area contributed by atoms with Crippen molar-refractivity contribution < 1.29 is 8.60 Å². The first-order valence-corrected chi connectivity index (χ1v) is 6.62. The average molecular weight is 306 g/mol. The highest BCUT2D eigenvalue weighted by Gasteiger charge is 2.18. The van der Waals surface area contributed by atoms with Crippen LogP contribution in [0.5, 0.6) is 0 Å². The molecular formula is C11H13BrFNOS. The van der Waals surface area contributed by atoms with Crippen LogP contribution in [0.3, 0.4) is 0 Å². The Hall–Kier alpha value is -0.550. The van der Waals surface area contributed by atoms with E-state index in [1.54, 1.807) is 12.1 Å². The minimum absolute atomic E-state index is 0.325. The summed E-state index contributed by atoms with van der Waals surface area (Å²) in [7, 11) is -1.29. The second kappa shape index (κ2) is 5.19. The fourth-order valence-corrected chi connectivity index (χ4v) is 1.79. The van der Waals surface area contributed by atoms with E-state index in [-0.39, 0.29) is 10.6 Å². The first kappa shape index (κ1) is 13.5. The third-order valence-electron chi connectivity index (χ3n) is 1.77. The molecule has 2 nitrogen and oxygen atoms in total. The molecule has 0 bridgehead atoms. The molecule has 0 aliphatic rings. The number of halogens is 2. The Labute approximate surface area is 106 Å². The quantitative estimate of drug-likeness (QED) is 0.769. The van der Waals surface area contributed by atoms with Crippen LogP contribution in [0.2, 0.25) is 0 Å². The van der Waals surface area contributed by atoms with E-state index < -0.39 is 11.0 Å². The number of benzene rings is 1. The minimum atomic E-state index is -1.29. The van der Waals surface area contributed by atoms with Gasteiger partial charge in [0.1, 0.15) is 16.8 Å². The molecule has 0 N–H and O–H groups in total. The maximum atomic E-state index is 12.9. The molecule has 1 atom stereocenters. The molecule has 1 rings (SSSR count). The standard InChI is InChI=1S/C11H13BrFNOS/c1-11(2,3)16(15)14-7-8-4-5-10(13)9(12)6-8/h4-7H,1-3H3/t16-/m1/s1. The SMILES string of the molecule is CC(C)(C)[S@@](=O)N=Cc1ccc(F)c(Br)c1. The number of nitrogens with zero attached hydrogens (tertiary/aromatic N) is 1. The van der Waals surface area contributed by atoms with Gasteiger partial charge in [-0.05, 0) is 54.4 Å². The second-order valence-electron chi connectivity index (χ2n) is 4.27. The Kier molecular flexibility index (Phi) is 4.38. The van der Waals surface area contributed by atoms with Gasteiger partial charge in [-0.25, -0.2) is 8.60 Å². The summed E-state index contributed by atoms with van der Waals surface area (Å²) in [4.78, 5) is 0. The summed E-state index contributed by atoms with van der Waals surface area (Å²) in [5, 5.41) is 0. The molecule has 0 saturated carbocycles. The van der Waals surface area contributed by atoms with Gasteiger partial charge in [0.2, 0.25) is 0 Å². The summed E-state index contributed by atoms with van der Waals surface area (Å²) in [6.07, 6.45) is 1.49. The summed E-state index contributed by atoms with van der Waals surface area (Å²) >= 11 is 3.08. The molecule has 0 aromatic heterocycles. The molecule has 1 aromatic rings.